The normalized spacial score (nSPS) is 18.2. The Bertz CT molecular complexity index is 422. The molecule has 1 heterocycles. The fourth-order valence-electron chi connectivity index (χ4n) is 2.61. The predicted molar refractivity (Wildman–Crippen MR) is 72.6 cm³/mol. The van der Waals surface area contributed by atoms with Crippen molar-refractivity contribution in [2.24, 2.45) is 11.1 Å². The quantitative estimate of drug-likeness (QED) is 0.829. The number of hydrogen-bond donors (Lipinski definition) is 2. The second kappa shape index (κ2) is 6.14. The second-order valence-electron chi connectivity index (χ2n) is 5.71. The monoisotopic (exact) mass is 265 g/mol. The molecule has 1 aliphatic carbocycles. The van der Waals surface area contributed by atoms with Crippen molar-refractivity contribution in [1.29, 1.82) is 0 Å². The molecular weight excluding hydrogens is 242 g/mol. The van der Waals surface area contributed by atoms with Crippen LogP contribution in [-0.4, -0.2) is 34.0 Å². The molecule has 6 heteroatoms. The summed E-state index contributed by atoms with van der Waals surface area (Å²) in [4.78, 5) is 12.0. The number of hydrogen-bond acceptors (Lipinski definition) is 4. The molecular formula is C13H23N5O. The van der Waals surface area contributed by atoms with Gasteiger partial charge in [-0.2, -0.15) is 0 Å². The first-order valence-electron chi connectivity index (χ1n) is 7.01. The minimum absolute atomic E-state index is 0.143. The van der Waals surface area contributed by atoms with Crippen molar-refractivity contribution in [2.45, 2.75) is 45.6 Å². The maximum absolute atomic E-state index is 12.0. The van der Waals surface area contributed by atoms with Gasteiger partial charge in [-0.25, -0.2) is 0 Å². The van der Waals surface area contributed by atoms with Crippen molar-refractivity contribution in [3.05, 3.63) is 11.9 Å². The van der Waals surface area contributed by atoms with Gasteiger partial charge in [0.15, 0.2) is 5.69 Å². The third-order valence-electron chi connectivity index (χ3n) is 3.87. The summed E-state index contributed by atoms with van der Waals surface area (Å²) in [5.74, 6) is -0.143. The third kappa shape index (κ3) is 3.76. The smallest absolute Gasteiger partial charge is 0.273 e. The van der Waals surface area contributed by atoms with E-state index in [2.05, 4.69) is 22.6 Å². The molecule has 1 amide bonds. The summed E-state index contributed by atoms with van der Waals surface area (Å²) in [5, 5.41) is 10.7. The van der Waals surface area contributed by atoms with Crippen LogP contribution >= 0.6 is 0 Å². The fourth-order valence-corrected chi connectivity index (χ4v) is 2.61. The Morgan fingerprint density at radius 2 is 2.21 bits per heavy atom. The van der Waals surface area contributed by atoms with Crippen LogP contribution in [0.4, 0.5) is 0 Å². The highest BCUT2D eigenvalue weighted by Crippen LogP contribution is 2.34. The average Bonchev–Trinajstić information content (AvgIpc) is 2.86. The van der Waals surface area contributed by atoms with Gasteiger partial charge >= 0.3 is 0 Å². The van der Waals surface area contributed by atoms with Crippen LogP contribution in [0.1, 0.15) is 49.5 Å². The minimum atomic E-state index is -0.143. The van der Waals surface area contributed by atoms with Crippen molar-refractivity contribution < 1.29 is 4.79 Å². The molecule has 19 heavy (non-hydrogen) atoms. The van der Waals surface area contributed by atoms with Gasteiger partial charge in [0, 0.05) is 13.1 Å². The van der Waals surface area contributed by atoms with Crippen molar-refractivity contribution in [1.82, 2.24) is 20.3 Å². The highest BCUT2D eigenvalue weighted by atomic mass is 16.2. The van der Waals surface area contributed by atoms with Crippen LogP contribution in [0.5, 0.6) is 0 Å². The van der Waals surface area contributed by atoms with E-state index < -0.39 is 0 Å². The molecule has 0 unspecified atom stereocenters. The Kier molecular flexibility index (Phi) is 4.52. The molecule has 1 aromatic heterocycles. The number of amides is 1. The summed E-state index contributed by atoms with van der Waals surface area (Å²) in [6.07, 6.45) is 7.86. The van der Waals surface area contributed by atoms with Gasteiger partial charge in [0.2, 0.25) is 0 Å². The molecule has 0 aromatic carbocycles. The predicted octanol–water partition coefficient (Wildman–Crippen LogP) is 0.937. The zero-order chi connectivity index (χ0) is 13.7. The Labute approximate surface area is 113 Å². The van der Waals surface area contributed by atoms with Crippen LogP contribution in [0.3, 0.4) is 0 Å². The highest BCUT2D eigenvalue weighted by molar-refractivity contribution is 5.91. The first kappa shape index (κ1) is 14.0. The molecule has 0 radical (unpaired) electrons. The van der Waals surface area contributed by atoms with Crippen LogP contribution in [0, 0.1) is 5.41 Å². The molecule has 1 fully saturated rings. The summed E-state index contributed by atoms with van der Waals surface area (Å²) in [5.41, 5.74) is 6.04. The van der Waals surface area contributed by atoms with Gasteiger partial charge < -0.3 is 11.1 Å². The van der Waals surface area contributed by atoms with Crippen molar-refractivity contribution >= 4 is 5.91 Å². The van der Waals surface area contributed by atoms with Crippen LogP contribution in [0.2, 0.25) is 0 Å². The van der Waals surface area contributed by atoms with E-state index in [1.54, 1.807) is 10.9 Å². The number of nitrogens with one attached hydrogen (secondary N) is 1. The number of rotatable bonds is 5. The molecule has 0 atom stereocenters. The Morgan fingerprint density at radius 1 is 1.47 bits per heavy atom. The lowest BCUT2D eigenvalue weighted by molar-refractivity contribution is 0.0914. The first-order chi connectivity index (χ1) is 9.13. The van der Waals surface area contributed by atoms with Gasteiger partial charge in [0.05, 0.1) is 12.7 Å². The maximum atomic E-state index is 12.0. The summed E-state index contributed by atoms with van der Waals surface area (Å²) >= 11 is 0. The lowest BCUT2D eigenvalue weighted by Gasteiger charge is -2.33. The van der Waals surface area contributed by atoms with E-state index in [0.29, 0.717) is 18.8 Å². The molecule has 0 saturated heterocycles. The van der Waals surface area contributed by atoms with E-state index in [9.17, 15) is 4.79 Å². The van der Waals surface area contributed by atoms with Gasteiger partial charge in [-0.1, -0.05) is 31.4 Å². The van der Waals surface area contributed by atoms with Crippen molar-refractivity contribution in [2.75, 3.05) is 13.1 Å². The molecule has 0 aliphatic heterocycles. The second-order valence-corrected chi connectivity index (χ2v) is 5.71. The number of nitrogens with two attached hydrogens (primary N) is 1. The molecule has 3 N–H and O–H groups in total. The average molecular weight is 265 g/mol. The van der Waals surface area contributed by atoms with Crippen molar-refractivity contribution in [3.8, 4) is 0 Å². The molecule has 6 nitrogen and oxygen atoms in total. The lowest BCUT2D eigenvalue weighted by atomic mass is 9.76. The molecule has 0 bridgehead atoms. The van der Waals surface area contributed by atoms with Crippen LogP contribution in [0.15, 0.2) is 6.20 Å². The van der Waals surface area contributed by atoms with Crippen LogP contribution in [-0.2, 0) is 6.54 Å². The van der Waals surface area contributed by atoms with E-state index in [1.165, 1.54) is 32.1 Å². The van der Waals surface area contributed by atoms with E-state index in [-0.39, 0.29) is 11.3 Å². The summed E-state index contributed by atoms with van der Waals surface area (Å²) in [6, 6.07) is 0. The van der Waals surface area contributed by atoms with E-state index in [1.807, 2.05) is 0 Å². The zero-order valence-electron chi connectivity index (χ0n) is 11.6. The lowest BCUT2D eigenvalue weighted by Crippen LogP contribution is -2.37. The van der Waals surface area contributed by atoms with Crippen LogP contribution in [0.25, 0.3) is 0 Å². The molecule has 0 spiro atoms. The standard InChI is InChI=1S/C13H23N5O/c1-13(5-3-2-4-6-13)10-15-12(19)11-9-18(8-7-14)17-16-11/h9H,2-8,10,14H2,1H3,(H,15,19). The molecule has 2 rings (SSSR count). The maximum Gasteiger partial charge on any atom is 0.273 e. The van der Waals surface area contributed by atoms with Crippen LogP contribution < -0.4 is 11.1 Å². The van der Waals surface area contributed by atoms with E-state index in [4.69, 9.17) is 5.73 Å². The van der Waals surface area contributed by atoms with Crippen molar-refractivity contribution in [3.63, 3.8) is 0 Å². The summed E-state index contributed by atoms with van der Waals surface area (Å²) < 4.78 is 1.59. The highest BCUT2D eigenvalue weighted by Gasteiger charge is 2.27. The third-order valence-corrected chi connectivity index (χ3v) is 3.87. The molecule has 1 aromatic rings. The molecule has 1 saturated carbocycles. The number of nitrogens with zero attached hydrogens (tertiary/aromatic N) is 3. The summed E-state index contributed by atoms with van der Waals surface area (Å²) in [6.45, 7) is 4.04. The Hall–Kier alpha value is -1.43. The SMILES string of the molecule is CC1(CNC(=O)c2cn(CCN)nn2)CCCCC1. The number of carbonyl (C=O) groups is 1. The first-order valence-corrected chi connectivity index (χ1v) is 7.01. The van der Waals surface area contributed by atoms with Gasteiger partial charge in [-0.15, -0.1) is 5.10 Å². The van der Waals surface area contributed by atoms with E-state index >= 15 is 0 Å². The van der Waals surface area contributed by atoms with Gasteiger partial charge in [-0.05, 0) is 18.3 Å². The van der Waals surface area contributed by atoms with Gasteiger partial charge in [0.1, 0.15) is 0 Å². The van der Waals surface area contributed by atoms with Gasteiger partial charge in [-0.3, -0.25) is 9.48 Å². The van der Waals surface area contributed by atoms with E-state index in [0.717, 1.165) is 6.54 Å². The minimum Gasteiger partial charge on any atom is -0.350 e. The number of carbonyl (C=O) groups excluding carboxylic acids is 1. The largest absolute Gasteiger partial charge is 0.350 e. The Morgan fingerprint density at radius 3 is 2.89 bits per heavy atom. The topological polar surface area (TPSA) is 85.8 Å². The zero-order valence-corrected chi connectivity index (χ0v) is 11.6. The summed E-state index contributed by atoms with van der Waals surface area (Å²) in [7, 11) is 0. The van der Waals surface area contributed by atoms with Gasteiger partial charge in [0.25, 0.3) is 5.91 Å². The fraction of sp³-hybridized carbons (Fsp3) is 0.769. The Balaban J connectivity index is 1.86. The molecule has 1 aliphatic rings. The number of aromatic nitrogens is 3. The molecule has 106 valence electrons.